The maximum absolute atomic E-state index is 11.7. The molecule has 27 heavy (non-hydrogen) atoms. The van der Waals surface area contributed by atoms with E-state index in [1.165, 1.54) is 0 Å². The van der Waals surface area contributed by atoms with Gasteiger partial charge in [-0.15, -0.1) is 0 Å². The number of piperidine rings is 1. The molecule has 4 rings (SSSR count). The monoisotopic (exact) mass is 373 g/mol. The topological polar surface area (TPSA) is 103 Å². The molecule has 0 aromatic carbocycles. The zero-order valence-corrected chi connectivity index (χ0v) is 15.7. The summed E-state index contributed by atoms with van der Waals surface area (Å²) in [4.78, 5) is 25.2. The fraction of sp³-hybridized carbons (Fsp3) is 0.667. The summed E-state index contributed by atoms with van der Waals surface area (Å²) in [6, 6.07) is 1.91. The van der Waals surface area contributed by atoms with Crippen LogP contribution in [0.5, 0.6) is 0 Å². The quantitative estimate of drug-likeness (QED) is 0.782. The van der Waals surface area contributed by atoms with Crippen molar-refractivity contribution in [2.24, 2.45) is 5.92 Å². The molecule has 1 unspecified atom stereocenters. The molecule has 0 saturated carbocycles. The van der Waals surface area contributed by atoms with Crippen LogP contribution in [0.25, 0.3) is 0 Å². The average Bonchev–Trinajstić information content (AvgIpc) is 3.28. The van der Waals surface area contributed by atoms with E-state index in [-0.39, 0.29) is 11.8 Å². The van der Waals surface area contributed by atoms with Crippen LogP contribution in [0.15, 0.2) is 17.1 Å². The van der Waals surface area contributed by atoms with E-state index in [0.717, 1.165) is 62.9 Å². The molecule has 0 aliphatic carbocycles. The fourth-order valence-corrected chi connectivity index (χ4v) is 4.05. The van der Waals surface area contributed by atoms with Crippen molar-refractivity contribution in [3.05, 3.63) is 28.6 Å². The first-order valence-corrected chi connectivity index (χ1v) is 9.79. The molecule has 9 heteroatoms. The van der Waals surface area contributed by atoms with Crippen LogP contribution in [0.4, 0.5) is 11.8 Å². The molecule has 2 saturated heterocycles. The molecule has 9 nitrogen and oxygen atoms in total. The standard InChI is InChI=1S/C18H27N7O2/c1-2-25-16(21-22-18(25)27)11-13-4-8-23(9-5-13)17-19-7-3-15(20-17)24-10-6-14(26)12-24/h3,7,13-14,26H,2,4-6,8-12H2,1H3,(H,22,27). The van der Waals surface area contributed by atoms with Crippen LogP contribution in [-0.2, 0) is 13.0 Å². The molecule has 2 N–H and O–H groups in total. The smallest absolute Gasteiger partial charge is 0.343 e. The Morgan fingerprint density at radius 3 is 2.70 bits per heavy atom. The summed E-state index contributed by atoms with van der Waals surface area (Å²) in [7, 11) is 0. The number of hydrogen-bond donors (Lipinski definition) is 2. The number of nitrogens with zero attached hydrogens (tertiary/aromatic N) is 6. The van der Waals surface area contributed by atoms with Gasteiger partial charge in [0.2, 0.25) is 5.95 Å². The highest BCUT2D eigenvalue weighted by atomic mass is 16.3. The van der Waals surface area contributed by atoms with E-state index in [4.69, 9.17) is 4.98 Å². The number of hydrogen-bond acceptors (Lipinski definition) is 7. The minimum Gasteiger partial charge on any atom is -0.391 e. The molecule has 2 aromatic heterocycles. The summed E-state index contributed by atoms with van der Waals surface area (Å²) >= 11 is 0. The van der Waals surface area contributed by atoms with Crippen LogP contribution >= 0.6 is 0 Å². The van der Waals surface area contributed by atoms with Crippen LogP contribution in [0, 0.1) is 5.92 Å². The average molecular weight is 373 g/mol. The van der Waals surface area contributed by atoms with E-state index in [1.54, 1.807) is 10.8 Å². The van der Waals surface area contributed by atoms with Crippen LogP contribution in [0.3, 0.4) is 0 Å². The van der Waals surface area contributed by atoms with Gasteiger partial charge in [-0.05, 0) is 38.2 Å². The number of H-pyrrole nitrogens is 1. The van der Waals surface area contributed by atoms with Crippen molar-refractivity contribution in [3.8, 4) is 0 Å². The van der Waals surface area contributed by atoms with Gasteiger partial charge in [-0.1, -0.05) is 0 Å². The van der Waals surface area contributed by atoms with E-state index >= 15 is 0 Å². The van der Waals surface area contributed by atoms with E-state index in [0.29, 0.717) is 19.0 Å². The molecule has 2 aliphatic heterocycles. The predicted molar refractivity (Wildman–Crippen MR) is 102 cm³/mol. The Bertz CT molecular complexity index is 825. The molecule has 1 atom stereocenters. The predicted octanol–water partition coefficient (Wildman–Crippen LogP) is 0.411. The number of aromatic nitrogens is 5. The van der Waals surface area contributed by atoms with Gasteiger partial charge in [-0.25, -0.2) is 14.9 Å². The van der Waals surface area contributed by atoms with Crippen molar-refractivity contribution in [1.29, 1.82) is 0 Å². The normalized spacial score (nSPS) is 21.2. The van der Waals surface area contributed by atoms with Gasteiger partial charge in [-0.3, -0.25) is 4.57 Å². The Morgan fingerprint density at radius 1 is 1.22 bits per heavy atom. The molecular formula is C18H27N7O2. The van der Waals surface area contributed by atoms with E-state index in [2.05, 4.69) is 25.0 Å². The number of anilines is 2. The number of aromatic amines is 1. The van der Waals surface area contributed by atoms with Crippen LogP contribution in [-0.4, -0.2) is 62.1 Å². The Morgan fingerprint density at radius 2 is 2.00 bits per heavy atom. The summed E-state index contributed by atoms with van der Waals surface area (Å²) in [5.74, 6) is 3.02. The summed E-state index contributed by atoms with van der Waals surface area (Å²) in [5, 5.41) is 16.5. The highest BCUT2D eigenvalue weighted by molar-refractivity contribution is 5.45. The summed E-state index contributed by atoms with van der Waals surface area (Å²) < 4.78 is 1.71. The SMILES string of the molecule is CCn1c(CC2CCN(c3nccc(N4CCC(O)C4)n3)CC2)n[nH]c1=O. The van der Waals surface area contributed by atoms with Crippen LogP contribution in [0.1, 0.15) is 32.0 Å². The van der Waals surface area contributed by atoms with Crippen molar-refractivity contribution in [1.82, 2.24) is 24.7 Å². The second kappa shape index (κ2) is 7.67. The Balaban J connectivity index is 1.37. The number of aliphatic hydroxyl groups excluding tert-OH is 1. The van der Waals surface area contributed by atoms with Gasteiger partial charge in [0, 0.05) is 45.3 Å². The molecule has 0 spiro atoms. The number of nitrogens with one attached hydrogen (secondary N) is 1. The molecule has 2 aromatic rings. The third-order valence-electron chi connectivity index (χ3n) is 5.64. The van der Waals surface area contributed by atoms with Crippen molar-refractivity contribution in [2.75, 3.05) is 36.0 Å². The van der Waals surface area contributed by atoms with Gasteiger partial charge in [0.1, 0.15) is 11.6 Å². The van der Waals surface area contributed by atoms with Crippen molar-refractivity contribution in [2.45, 2.75) is 45.3 Å². The van der Waals surface area contributed by atoms with Crippen molar-refractivity contribution in [3.63, 3.8) is 0 Å². The van der Waals surface area contributed by atoms with Crippen molar-refractivity contribution >= 4 is 11.8 Å². The zero-order valence-electron chi connectivity index (χ0n) is 15.7. The molecule has 4 heterocycles. The molecule has 2 fully saturated rings. The van der Waals surface area contributed by atoms with Gasteiger partial charge >= 0.3 is 5.69 Å². The first-order valence-electron chi connectivity index (χ1n) is 9.79. The molecule has 0 bridgehead atoms. The fourth-order valence-electron chi connectivity index (χ4n) is 4.05. The Kier molecular flexibility index (Phi) is 5.11. The molecule has 0 amide bonds. The lowest BCUT2D eigenvalue weighted by Crippen LogP contribution is -2.36. The molecule has 2 aliphatic rings. The Hall–Kier alpha value is -2.42. The van der Waals surface area contributed by atoms with Gasteiger partial charge in [0.05, 0.1) is 6.10 Å². The highest BCUT2D eigenvalue weighted by Crippen LogP contribution is 2.25. The highest BCUT2D eigenvalue weighted by Gasteiger charge is 2.25. The second-order valence-corrected chi connectivity index (χ2v) is 7.43. The van der Waals surface area contributed by atoms with E-state index < -0.39 is 0 Å². The maximum Gasteiger partial charge on any atom is 0.343 e. The minimum atomic E-state index is -0.262. The maximum atomic E-state index is 11.7. The number of aliphatic hydroxyl groups is 1. The summed E-state index contributed by atoms with van der Waals surface area (Å²) in [6.45, 7) is 5.89. The van der Waals surface area contributed by atoms with Crippen molar-refractivity contribution < 1.29 is 5.11 Å². The van der Waals surface area contributed by atoms with E-state index in [9.17, 15) is 9.90 Å². The largest absolute Gasteiger partial charge is 0.391 e. The third-order valence-corrected chi connectivity index (χ3v) is 5.64. The number of rotatable bonds is 5. The van der Waals surface area contributed by atoms with Gasteiger partial charge in [0.15, 0.2) is 0 Å². The third kappa shape index (κ3) is 3.83. The molecule has 146 valence electrons. The second-order valence-electron chi connectivity index (χ2n) is 7.43. The summed E-state index contributed by atoms with van der Waals surface area (Å²) in [6.07, 6.45) is 5.22. The molecule has 0 radical (unpaired) electrons. The lowest BCUT2D eigenvalue weighted by Gasteiger charge is -2.32. The van der Waals surface area contributed by atoms with Gasteiger partial charge in [-0.2, -0.15) is 10.1 Å². The van der Waals surface area contributed by atoms with Crippen LogP contribution < -0.4 is 15.5 Å². The number of β-amino-alcohol motifs (C(OH)–C–C–N with tert-alkyl or cyclic N) is 1. The lowest BCUT2D eigenvalue weighted by molar-refractivity contribution is 0.198. The van der Waals surface area contributed by atoms with Crippen LogP contribution in [0.2, 0.25) is 0 Å². The van der Waals surface area contributed by atoms with Gasteiger partial charge < -0.3 is 14.9 Å². The lowest BCUT2D eigenvalue weighted by atomic mass is 9.93. The Labute approximate surface area is 158 Å². The minimum absolute atomic E-state index is 0.123. The van der Waals surface area contributed by atoms with Gasteiger partial charge in [0.25, 0.3) is 0 Å². The molecular weight excluding hydrogens is 346 g/mol. The zero-order chi connectivity index (χ0) is 18.8. The first-order chi connectivity index (χ1) is 13.1. The summed E-state index contributed by atoms with van der Waals surface area (Å²) in [5.41, 5.74) is -0.123. The van der Waals surface area contributed by atoms with E-state index in [1.807, 2.05) is 13.0 Å². The first kappa shape index (κ1) is 18.0.